The van der Waals surface area contributed by atoms with Gasteiger partial charge in [-0.3, -0.25) is 9.97 Å². The maximum absolute atomic E-state index is 4.64. The van der Waals surface area contributed by atoms with E-state index in [1.807, 2.05) is 31.3 Å². The van der Waals surface area contributed by atoms with E-state index in [4.69, 9.17) is 0 Å². The van der Waals surface area contributed by atoms with Gasteiger partial charge in [-0.25, -0.2) is 4.98 Å². The molecule has 0 unspecified atom stereocenters. The number of benzene rings is 1. The van der Waals surface area contributed by atoms with Crippen LogP contribution in [0, 0.1) is 6.92 Å². The van der Waals surface area contributed by atoms with Crippen molar-refractivity contribution in [3.8, 4) is 22.6 Å². The number of aryl methyl sites for hydroxylation is 1. The number of nitrogens with zero attached hydrogens (tertiary/aromatic N) is 3. The van der Waals surface area contributed by atoms with Crippen LogP contribution in [0.2, 0.25) is 0 Å². The van der Waals surface area contributed by atoms with Gasteiger partial charge in [-0.05, 0) is 63.2 Å². The molecule has 0 atom stereocenters. The smallest absolute Gasteiger partial charge is 0.0977 e. The highest BCUT2D eigenvalue weighted by Crippen LogP contribution is 2.30. The summed E-state index contributed by atoms with van der Waals surface area (Å²) < 4.78 is 0. The Kier molecular flexibility index (Phi) is 4.69. The number of anilines is 1. The second-order valence-electron chi connectivity index (χ2n) is 7.59. The normalized spacial score (nSPS) is 14.9. The topological polar surface area (TPSA) is 78.5 Å². The van der Waals surface area contributed by atoms with Crippen molar-refractivity contribution in [2.45, 2.75) is 25.8 Å². The summed E-state index contributed by atoms with van der Waals surface area (Å²) >= 11 is 0. The summed E-state index contributed by atoms with van der Waals surface area (Å²) in [4.78, 5) is 17.1. The second-order valence-corrected chi connectivity index (χ2v) is 7.59. The number of hydrogen-bond donors (Lipinski definition) is 3. The van der Waals surface area contributed by atoms with E-state index in [0.29, 0.717) is 6.04 Å². The molecule has 4 aromatic rings. The van der Waals surface area contributed by atoms with E-state index in [-0.39, 0.29) is 0 Å². The Labute approximate surface area is 169 Å². The highest BCUT2D eigenvalue weighted by Gasteiger charge is 2.14. The van der Waals surface area contributed by atoms with Gasteiger partial charge in [0.1, 0.15) is 0 Å². The van der Waals surface area contributed by atoms with Crippen molar-refractivity contribution < 1.29 is 0 Å². The van der Waals surface area contributed by atoms with Gasteiger partial charge in [-0.15, -0.1) is 0 Å². The number of fused-ring (bicyclic) bond motifs is 1. The highest BCUT2D eigenvalue weighted by atomic mass is 15.0. The summed E-state index contributed by atoms with van der Waals surface area (Å²) in [6.07, 6.45) is 5.93. The van der Waals surface area contributed by atoms with Crippen LogP contribution in [0.3, 0.4) is 0 Å². The minimum atomic E-state index is 0.504. The van der Waals surface area contributed by atoms with Crippen molar-refractivity contribution in [1.29, 1.82) is 0 Å². The average Bonchev–Trinajstić information content (AvgIpc) is 3.24. The lowest BCUT2D eigenvalue weighted by molar-refractivity contribution is 0.479. The minimum Gasteiger partial charge on any atom is -0.381 e. The summed E-state index contributed by atoms with van der Waals surface area (Å²) in [5.41, 5.74) is 6.83. The van der Waals surface area contributed by atoms with Gasteiger partial charge < -0.3 is 15.6 Å². The summed E-state index contributed by atoms with van der Waals surface area (Å²) in [6.45, 7) is 4.13. The van der Waals surface area contributed by atoms with Crippen LogP contribution >= 0.6 is 0 Å². The molecule has 29 heavy (non-hydrogen) atoms. The number of pyridine rings is 2. The fourth-order valence-corrected chi connectivity index (χ4v) is 3.95. The maximum Gasteiger partial charge on any atom is 0.0977 e. The Bertz CT molecular complexity index is 1140. The van der Waals surface area contributed by atoms with Gasteiger partial charge in [0.05, 0.1) is 40.8 Å². The SMILES string of the molecule is Cc1cccc(-c2[nH]cnc2-c2ccc3ncc(NC4CCNCC4)cc3c2)n1. The molecule has 0 spiro atoms. The van der Waals surface area contributed by atoms with E-state index >= 15 is 0 Å². The third-order valence-electron chi connectivity index (χ3n) is 5.45. The van der Waals surface area contributed by atoms with Crippen LogP contribution in [0.1, 0.15) is 18.5 Å². The lowest BCUT2D eigenvalue weighted by atomic mass is 10.0. The van der Waals surface area contributed by atoms with Crippen LogP contribution in [0.15, 0.2) is 55.0 Å². The molecule has 5 rings (SSSR count). The number of rotatable bonds is 4. The molecule has 0 amide bonds. The lowest BCUT2D eigenvalue weighted by Gasteiger charge is -2.24. The van der Waals surface area contributed by atoms with Gasteiger partial charge in [-0.2, -0.15) is 0 Å². The van der Waals surface area contributed by atoms with Crippen LogP contribution in [0.4, 0.5) is 5.69 Å². The third kappa shape index (κ3) is 3.71. The number of nitrogens with one attached hydrogen (secondary N) is 3. The first kappa shape index (κ1) is 17.8. The molecular formula is C23H24N6. The van der Waals surface area contributed by atoms with Gasteiger partial charge in [0.2, 0.25) is 0 Å². The first-order valence-electron chi connectivity index (χ1n) is 10.1. The summed E-state index contributed by atoms with van der Waals surface area (Å²) in [6, 6.07) is 15.0. The van der Waals surface area contributed by atoms with Crippen molar-refractivity contribution in [1.82, 2.24) is 25.3 Å². The van der Waals surface area contributed by atoms with Crippen molar-refractivity contribution in [3.05, 3.63) is 60.7 Å². The molecule has 4 heterocycles. The average molecular weight is 384 g/mol. The van der Waals surface area contributed by atoms with Crippen LogP contribution in [-0.4, -0.2) is 39.1 Å². The minimum absolute atomic E-state index is 0.504. The Morgan fingerprint density at radius 2 is 1.93 bits per heavy atom. The quantitative estimate of drug-likeness (QED) is 0.492. The van der Waals surface area contributed by atoms with Gasteiger partial charge >= 0.3 is 0 Å². The van der Waals surface area contributed by atoms with Crippen LogP contribution < -0.4 is 10.6 Å². The number of aromatic nitrogens is 4. The fraction of sp³-hybridized carbons (Fsp3) is 0.261. The molecule has 1 aliphatic heterocycles. The van der Waals surface area contributed by atoms with Gasteiger partial charge in [0, 0.05) is 22.7 Å². The lowest BCUT2D eigenvalue weighted by Crippen LogP contribution is -2.35. The van der Waals surface area contributed by atoms with E-state index in [0.717, 1.165) is 70.9 Å². The standard InChI is InChI=1S/C23H24N6/c1-15-3-2-4-21(28-15)23-22(26-14-27-23)16-5-6-20-17(11-16)12-19(13-25-20)29-18-7-9-24-10-8-18/h2-6,11-14,18,24,29H,7-10H2,1H3,(H,26,27). The van der Waals surface area contributed by atoms with Gasteiger partial charge in [0.15, 0.2) is 0 Å². The summed E-state index contributed by atoms with van der Waals surface area (Å²) in [7, 11) is 0. The van der Waals surface area contributed by atoms with Crippen LogP contribution in [-0.2, 0) is 0 Å². The zero-order valence-electron chi connectivity index (χ0n) is 16.4. The molecular weight excluding hydrogens is 360 g/mol. The molecule has 146 valence electrons. The number of piperidine rings is 1. The third-order valence-corrected chi connectivity index (χ3v) is 5.45. The number of hydrogen-bond acceptors (Lipinski definition) is 5. The van der Waals surface area contributed by atoms with Gasteiger partial charge in [0.25, 0.3) is 0 Å². The Morgan fingerprint density at radius 1 is 1.03 bits per heavy atom. The first-order valence-corrected chi connectivity index (χ1v) is 10.1. The van der Waals surface area contributed by atoms with E-state index in [2.05, 4.69) is 54.8 Å². The van der Waals surface area contributed by atoms with E-state index in [1.54, 1.807) is 6.33 Å². The molecule has 1 saturated heterocycles. The molecule has 1 aliphatic rings. The molecule has 0 aliphatic carbocycles. The zero-order chi connectivity index (χ0) is 19.6. The summed E-state index contributed by atoms with van der Waals surface area (Å²) in [5, 5.41) is 8.15. The Hall–Kier alpha value is -3.25. The Morgan fingerprint density at radius 3 is 2.79 bits per heavy atom. The largest absolute Gasteiger partial charge is 0.381 e. The first-order chi connectivity index (χ1) is 14.3. The molecule has 0 radical (unpaired) electrons. The van der Waals surface area contributed by atoms with E-state index in [1.165, 1.54) is 0 Å². The van der Waals surface area contributed by atoms with E-state index < -0.39 is 0 Å². The monoisotopic (exact) mass is 384 g/mol. The van der Waals surface area contributed by atoms with Crippen LogP contribution in [0.25, 0.3) is 33.5 Å². The second kappa shape index (κ2) is 7.64. The van der Waals surface area contributed by atoms with Crippen LogP contribution in [0.5, 0.6) is 0 Å². The molecule has 6 nitrogen and oxygen atoms in total. The van der Waals surface area contributed by atoms with Crippen molar-refractivity contribution in [3.63, 3.8) is 0 Å². The van der Waals surface area contributed by atoms with Crippen molar-refractivity contribution >= 4 is 16.6 Å². The molecule has 1 fully saturated rings. The van der Waals surface area contributed by atoms with E-state index in [9.17, 15) is 0 Å². The molecule has 6 heteroatoms. The Balaban J connectivity index is 1.49. The van der Waals surface area contributed by atoms with Gasteiger partial charge in [-0.1, -0.05) is 12.1 Å². The predicted molar refractivity (Wildman–Crippen MR) is 117 cm³/mol. The van der Waals surface area contributed by atoms with Crippen molar-refractivity contribution in [2.75, 3.05) is 18.4 Å². The number of H-pyrrole nitrogens is 1. The molecule has 1 aromatic carbocycles. The number of imidazole rings is 1. The fourth-order valence-electron chi connectivity index (χ4n) is 3.95. The molecule has 3 aromatic heterocycles. The highest BCUT2D eigenvalue weighted by molar-refractivity contribution is 5.88. The zero-order valence-corrected chi connectivity index (χ0v) is 16.4. The van der Waals surface area contributed by atoms with Crippen molar-refractivity contribution in [2.24, 2.45) is 0 Å². The molecule has 0 bridgehead atoms. The molecule has 0 saturated carbocycles. The number of aromatic amines is 1. The summed E-state index contributed by atoms with van der Waals surface area (Å²) in [5.74, 6) is 0. The predicted octanol–water partition coefficient (Wildman–Crippen LogP) is 4.16. The maximum atomic E-state index is 4.64. The molecule has 3 N–H and O–H groups in total.